The third-order valence-electron chi connectivity index (χ3n) is 3.46. The molecule has 2 unspecified atom stereocenters. The zero-order valence-electron chi connectivity index (χ0n) is 11.4. The van der Waals surface area contributed by atoms with E-state index in [0.29, 0.717) is 20.6 Å². The fourth-order valence-electron chi connectivity index (χ4n) is 2.40. The van der Waals surface area contributed by atoms with E-state index in [1.165, 1.54) is 0 Å². The Kier molecular flexibility index (Phi) is 5.69. The van der Waals surface area contributed by atoms with Crippen molar-refractivity contribution < 1.29 is 0 Å². The van der Waals surface area contributed by atoms with Crippen LogP contribution in [0.2, 0.25) is 15.1 Å². The summed E-state index contributed by atoms with van der Waals surface area (Å²) in [6.07, 6.45) is 0.182. The molecule has 0 bridgehead atoms. The number of nitrogens with zero attached hydrogens (tertiary/aromatic N) is 2. The largest absolute Gasteiger partial charge is 0.198 e. The van der Waals surface area contributed by atoms with Crippen LogP contribution in [0.4, 0.5) is 0 Å². The minimum absolute atomic E-state index is 0.182. The Labute approximate surface area is 144 Å². The van der Waals surface area contributed by atoms with Crippen molar-refractivity contribution in [2.24, 2.45) is 0 Å². The van der Waals surface area contributed by atoms with Crippen molar-refractivity contribution in [1.29, 1.82) is 10.5 Å². The molecule has 0 amide bonds. The molecule has 0 aromatic heterocycles. The van der Waals surface area contributed by atoms with E-state index >= 15 is 0 Å². The molecule has 2 aromatic carbocycles. The van der Waals surface area contributed by atoms with Gasteiger partial charge in [0.25, 0.3) is 0 Å². The molecule has 2 nitrogen and oxygen atoms in total. The van der Waals surface area contributed by atoms with Gasteiger partial charge in [-0.1, -0.05) is 53.0 Å². The van der Waals surface area contributed by atoms with Gasteiger partial charge in [-0.25, -0.2) is 0 Å². The van der Waals surface area contributed by atoms with Gasteiger partial charge in [0.15, 0.2) is 0 Å². The molecule has 0 fully saturated rings. The van der Waals surface area contributed by atoms with E-state index in [-0.39, 0.29) is 12.3 Å². The number of hydrogen-bond donors (Lipinski definition) is 0. The van der Waals surface area contributed by atoms with Crippen molar-refractivity contribution in [3.8, 4) is 12.1 Å². The summed E-state index contributed by atoms with van der Waals surface area (Å²) < 4.78 is 0. The van der Waals surface area contributed by atoms with Gasteiger partial charge < -0.3 is 0 Å². The normalized spacial score (nSPS) is 13.0. The van der Waals surface area contributed by atoms with E-state index in [2.05, 4.69) is 12.1 Å². The highest BCUT2D eigenvalue weighted by Crippen LogP contribution is 2.41. The molecular formula is C17H11Cl3N2. The molecule has 22 heavy (non-hydrogen) atoms. The SMILES string of the molecule is N#CCC(c1ccc(Cl)cc1)C(C#N)c1c(Cl)cccc1Cl. The van der Waals surface area contributed by atoms with E-state index < -0.39 is 5.92 Å². The van der Waals surface area contributed by atoms with Crippen molar-refractivity contribution in [3.63, 3.8) is 0 Å². The molecule has 2 atom stereocenters. The van der Waals surface area contributed by atoms with Gasteiger partial charge in [0.2, 0.25) is 0 Å². The minimum Gasteiger partial charge on any atom is -0.198 e. The Morgan fingerprint density at radius 2 is 1.50 bits per heavy atom. The molecule has 0 heterocycles. The molecule has 0 spiro atoms. The first kappa shape index (κ1) is 16.7. The van der Waals surface area contributed by atoms with Gasteiger partial charge >= 0.3 is 0 Å². The van der Waals surface area contributed by atoms with Crippen LogP contribution in [0.5, 0.6) is 0 Å². The van der Waals surface area contributed by atoms with Gasteiger partial charge in [0, 0.05) is 33.0 Å². The predicted octanol–water partition coefficient (Wildman–Crippen LogP) is 5.95. The number of benzene rings is 2. The average Bonchev–Trinajstić information content (AvgIpc) is 2.50. The van der Waals surface area contributed by atoms with Crippen LogP contribution in [0, 0.1) is 22.7 Å². The quantitative estimate of drug-likeness (QED) is 0.684. The first-order valence-corrected chi connectivity index (χ1v) is 7.67. The lowest BCUT2D eigenvalue weighted by Gasteiger charge is -2.22. The second-order valence-electron chi connectivity index (χ2n) is 4.76. The maximum atomic E-state index is 9.64. The van der Waals surface area contributed by atoms with Gasteiger partial charge in [-0.15, -0.1) is 0 Å². The lowest BCUT2D eigenvalue weighted by atomic mass is 9.80. The fraction of sp³-hybridized carbons (Fsp3) is 0.176. The Morgan fingerprint density at radius 1 is 0.909 bits per heavy atom. The summed E-state index contributed by atoms with van der Waals surface area (Å²) in [5.41, 5.74) is 1.41. The standard InChI is InChI=1S/C17H11Cl3N2/c18-12-6-4-11(5-7-12)13(8-9-21)14(10-22)17-15(19)2-1-3-16(17)20/h1-7,13-14H,8H2. The van der Waals surface area contributed by atoms with Gasteiger partial charge in [0.05, 0.1) is 18.1 Å². The molecule has 2 aromatic rings. The molecule has 0 saturated carbocycles. The first-order valence-electron chi connectivity index (χ1n) is 6.54. The van der Waals surface area contributed by atoms with E-state index in [4.69, 9.17) is 40.1 Å². The molecule has 0 saturated heterocycles. The summed E-state index contributed by atoms with van der Waals surface area (Å²) in [5.74, 6) is -0.938. The Balaban J connectivity index is 2.52. The van der Waals surface area contributed by atoms with Crippen LogP contribution >= 0.6 is 34.8 Å². The molecule has 110 valence electrons. The first-order chi connectivity index (χ1) is 10.6. The molecule has 5 heteroatoms. The van der Waals surface area contributed by atoms with E-state index in [0.717, 1.165) is 5.56 Å². The summed E-state index contributed by atoms with van der Waals surface area (Å²) in [4.78, 5) is 0. The van der Waals surface area contributed by atoms with Gasteiger partial charge in [-0.2, -0.15) is 10.5 Å². The third kappa shape index (κ3) is 3.54. The highest BCUT2D eigenvalue weighted by atomic mass is 35.5. The number of halogens is 3. The molecule has 0 aliphatic rings. The smallest absolute Gasteiger partial charge is 0.0820 e. The maximum Gasteiger partial charge on any atom is 0.0820 e. The van der Waals surface area contributed by atoms with Crippen LogP contribution in [0.1, 0.15) is 29.4 Å². The zero-order valence-corrected chi connectivity index (χ0v) is 13.7. The second kappa shape index (κ2) is 7.52. The topological polar surface area (TPSA) is 47.6 Å². The lowest BCUT2D eigenvalue weighted by molar-refractivity contribution is 0.641. The monoisotopic (exact) mass is 348 g/mol. The van der Waals surface area contributed by atoms with Crippen molar-refractivity contribution >= 4 is 34.8 Å². The molecular weight excluding hydrogens is 339 g/mol. The Morgan fingerprint density at radius 3 is 2.00 bits per heavy atom. The number of nitriles is 2. The van der Waals surface area contributed by atoms with Crippen molar-refractivity contribution in [3.05, 3.63) is 68.7 Å². The summed E-state index contributed by atoms with van der Waals surface area (Å²) in [6.45, 7) is 0. The average molecular weight is 350 g/mol. The van der Waals surface area contributed by atoms with Crippen molar-refractivity contribution in [1.82, 2.24) is 0 Å². The molecule has 2 rings (SSSR count). The zero-order chi connectivity index (χ0) is 16.1. The van der Waals surface area contributed by atoms with Crippen LogP contribution in [0.3, 0.4) is 0 Å². The van der Waals surface area contributed by atoms with Crippen LogP contribution < -0.4 is 0 Å². The van der Waals surface area contributed by atoms with E-state index in [1.807, 2.05) is 12.1 Å². The van der Waals surface area contributed by atoms with E-state index in [9.17, 15) is 5.26 Å². The fourth-order valence-corrected chi connectivity index (χ4v) is 3.16. The van der Waals surface area contributed by atoms with Crippen LogP contribution in [0.15, 0.2) is 42.5 Å². The van der Waals surface area contributed by atoms with Gasteiger partial charge in [-0.3, -0.25) is 0 Å². The number of rotatable bonds is 4. The highest BCUT2D eigenvalue weighted by molar-refractivity contribution is 6.36. The summed E-state index contributed by atoms with van der Waals surface area (Å²) >= 11 is 18.3. The minimum atomic E-state index is -0.609. The van der Waals surface area contributed by atoms with Gasteiger partial charge in [-0.05, 0) is 29.8 Å². The van der Waals surface area contributed by atoms with Crippen LogP contribution in [-0.4, -0.2) is 0 Å². The number of hydrogen-bond acceptors (Lipinski definition) is 2. The lowest BCUT2D eigenvalue weighted by Crippen LogP contribution is -2.11. The van der Waals surface area contributed by atoms with Crippen LogP contribution in [0.25, 0.3) is 0 Å². The van der Waals surface area contributed by atoms with Crippen LogP contribution in [-0.2, 0) is 0 Å². The summed E-state index contributed by atoms with van der Waals surface area (Å²) in [5, 5.41) is 20.2. The second-order valence-corrected chi connectivity index (χ2v) is 6.01. The Bertz CT molecular complexity index is 722. The molecule has 0 aliphatic carbocycles. The van der Waals surface area contributed by atoms with Gasteiger partial charge in [0.1, 0.15) is 0 Å². The third-order valence-corrected chi connectivity index (χ3v) is 4.37. The predicted molar refractivity (Wildman–Crippen MR) is 89.2 cm³/mol. The van der Waals surface area contributed by atoms with E-state index in [1.54, 1.807) is 30.3 Å². The van der Waals surface area contributed by atoms with Crippen molar-refractivity contribution in [2.75, 3.05) is 0 Å². The highest BCUT2D eigenvalue weighted by Gasteiger charge is 2.28. The maximum absolute atomic E-state index is 9.64. The summed E-state index contributed by atoms with van der Waals surface area (Å²) in [6, 6.07) is 16.6. The van der Waals surface area contributed by atoms with Crippen molar-refractivity contribution in [2.45, 2.75) is 18.3 Å². The molecule has 0 radical (unpaired) electrons. The molecule has 0 aliphatic heterocycles. The molecule has 0 N–H and O–H groups in total. The Hall–Kier alpha value is -1.71. The summed E-state index contributed by atoms with van der Waals surface area (Å²) in [7, 11) is 0.